The van der Waals surface area contributed by atoms with Gasteiger partial charge in [-0.15, -0.1) is 0 Å². The number of carbonyl (C=O) groups is 3. The number of ether oxygens (including phenoxy) is 5. The molecule has 0 radical (unpaired) electrons. The minimum absolute atomic E-state index is 0.178. The largest absolute Gasteiger partial charge is 0.493 e. The molecule has 3 amide bonds. The van der Waals surface area contributed by atoms with Crippen LogP contribution in [0.2, 0.25) is 5.02 Å². The molecule has 12 nitrogen and oxygen atoms in total. The molecule has 242 valence electrons. The summed E-state index contributed by atoms with van der Waals surface area (Å²) in [7, 11) is 1.43. The number of allylic oxidation sites excluding steroid dienone is 1. The van der Waals surface area contributed by atoms with Crippen LogP contribution in [0.15, 0.2) is 77.0 Å². The van der Waals surface area contributed by atoms with Gasteiger partial charge in [-0.25, -0.2) is 15.0 Å². The van der Waals surface area contributed by atoms with Gasteiger partial charge in [-0.1, -0.05) is 48.0 Å². The zero-order valence-corrected chi connectivity index (χ0v) is 26.6. The molecule has 0 fully saturated rings. The lowest BCUT2D eigenvalue weighted by Gasteiger charge is -2.28. The molecule has 1 aliphatic rings. The number of hydrazone groups is 1. The molecule has 0 saturated heterocycles. The fraction of sp³-hybridized carbons (Fsp3) is 0.273. The van der Waals surface area contributed by atoms with Gasteiger partial charge < -0.3 is 34.3 Å². The number of hydrogen-bond acceptors (Lipinski definition) is 9. The van der Waals surface area contributed by atoms with Crippen LogP contribution in [0.25, 0.3) is 0 Å². The Morgan fingerprint density at radius 3 is 2.48 bits per heavy atom. The third kappa shape index (κ3) is 8.69. The van der Waals surface area contributed by atoms with E-state index in [1.807, 2.05) is 37.3 Å². The van der Waals surface area contributed by atoms with E-state index in [1.54, 1.807) is 44.2 Å². The summed E-state index contributed by atoms with van der Waals surface area (Å²) in [6, 6.07) is 16.6. The van der Waals surface area contributed by atoms with Crippen molar-refractivity contribution < 1.29 is 38.1 Å². The van der Waals surface area contributed by atoms with Crippen molar-refractivity contribution >= 4 is 35.7 Å². The molecule has 0 aliphatic carbocycles. The molecule has 3 N–H and O–H groups in total. The third-order valence-electron chi connectivity index (χ3n) is 6.60. The van der Waals surface area contributed by atoms with Gasteiger partial charge in [-0.3, -0.25) is 4.79 Å². The van der Waals surface area contributed by atoms with Crippen molar-refractivity contribution in [2.75, 3.05) is 26.9 Å². The lowest BCUT2D eigenvalue weighted by Crippen LogP contribution is -2.45. The maximum Gasteiger partial charge on any atom is 0.338 e. The van der Waals surface area contributed by atoms with Crippen LogP contribution in [0.5, 0.6) is 23.0 Å². The number of methoxy groups -OCH3 is 1. The van der Waals surface area contributed by atoms with Crippen LogP contribution in [0.4, 0.5) is 4.79 Å². The number of carbonyl (C=O) groups excluding carboxylic acids is 3. The fourth-order valence-corrected chi connectivity index (χ4v) is 4.83. The molecule has 1 heterocycles. The molecule has 4 rings (SSSR count). The zero-order chi connectivity index (χ0) is 33.1. The molecule has 3 aromatic rings. The number of rotatable bonds is 14. The number of esters is 1. The molecule has 0 unspecified atom stereocenters. The molecule has 46 heavy (non-hydrogen) atoms. The van der Waals surface area contributed by atoms with Crippen molar-refractivity contribution in [3.63, 3.8) is 0 Å². The second-order valence-electron chi connectivity index (χ2n) is 9.82. The van der Waals surface area contributed by atoms with Gasteiger partial charge in [0, 0.05) is 5.70 Å². The second kappa shape index (κ2) is 16.2. The van der Waals surface area contributed by atoms with Crippen LogP contribution in [-0.4, -0.2) is 51.1 Å². The maximum atomic E-state index is 12.6. The number of nitrogens with zero attached hydrogens (tertiary/aromatic N) is 1. The topological polar surface area (TPSA) is 146 Å². The van der Waals surface area contributed by atoms with E-state index in [4.69, 9.17) is 35.3 Å². The highest BCUT2D eigenvalue weighted by atomic mass is 35.5. The Morgan fingerprint density at radius 1 is 0.978 bits per heavy atom. The average molecular weight is 651 g/mol. The van der Waals surface area contributed by atoms with Gasteiger partial charge in [-0.05, 0) is 61.7 Å². The highest BCUT2D eigenvalue weighted by Crippen LogP contribution is 2.37. The zero-order valence-electron chi connectivity index (χ0n) is 25.8. The highest BCUT2D eigenvalue weighted by Gasteiger charge is 2.32. The van der Waals surface area contributed by atoms with E-state index >= 15 is 0 Å². The predicted molar refractivity (Wildman–Crippen MR) is 171 cm³/mol. The van der Waals surface area contributed by atoms with Gasteiger partial charge in [0.1, 0.15) is 6.61 Å². The average Bonchev–Trinajstić information content (AvgIpc) is 3.03. The molecule has 13 heteroatoms. The van der Waals surface area contributed by atoms with E-state index in [0.717, 1.165) is 5.56 Å². The van der Waals surface area contributed by atoms with Gasteiger partial charge in [0.05, 0.1) is 43.2 Å². The Kier molecular flexibility index (Phi) is 11.8. The SMILES string of the molecule is CCOC(=O)C1=C(C)NC(=O)N[C@H]1c1ccc(OCC(=O)N/N=C\c2cc(Cl)c(OCc3ccccc3)c(OCC)c2)c(OC)c1. The van der Waals surface area contributed by atoms with Crippen LogP contribution >= 0.6 is 11.6 Å². The van der Waals surface area contributed by atoms with Crippen molar-refractivity contribution in [1.82, 2.24) is 16.1 Å². The second-order valence-corrected chi connectivity index (χ2v) is 10.2. The number of halogens is 1. The van der Waals surface area contributed by atoms with Crippen molar-refractivity contribution in [2.45, 2.75) is 33.4 Å². The quantitative estimate of drug-likeness (QED) is 0.125. The number of urea groups is 1. The third-order valence-corrected chi connectivity index (χ3v) is 6.89. The van der Waals surface area contributed by atoms with Crippen molar-refractivity contribution in [2.24, 2.45) is 5.10 Å². The van der Waals surface area contributed by atoms with E-state index in [1.165, 1.54) is 13.3 Å². The molecule has 0 spiro atoms. The van der Waals surface area contributed by atoms with Gasteiger partial charge in [0.2, 0.25) is 0 Å². The Labute approximate surface area is 271 Å². The molecule has 0 saturated carbocycles. The Balaban J connectivity index is 1.39. The molecular formula is C33H35ClN4O8. The molecule has 0 aromatic heterocycles. The molecule has 0 bridgehead atoms. The molecule has 3 aromatic carbocycles. The summed E-state index contributed by atoms with van der Waals surface area (Å²) < 4.78 is 28.0. The minimum Gasteiger partial charge on any atom is -0.493 e. The summed E-state index contributed by atoms with van der Waals surface area (Å²) in [5.41, 5.74) is 5.17. The van der Waals surface area contributed by atoms with E-state index in [-0.39, 0.29) is 30.3 Å². The first kappa shape index (κ1) is 33.7. The Morgan fingerprint density at radius 2 is 1.76 bits per heavy atom. The first-order valence-corrected chi connectivity index (χ1v) is 14.8. The van der Waals surface area contributed by atoms with Crippen LogP contribution in [0.1, 0.15) is 43.5 Å². The summed E-state index contributed by atoms with van der Waals surface area (Å²) in [4.78, 5) is 37.3. The van der Waals surface area contributed by atoms with Crippen LogP contribution < -0.4 is 35.0 Å². The minimum atomic E-state index is -0.783. The maximum absolute atomic E-state index is 12.6. The number of amides is 3. The van der Waals surface area contributed by atoms with Crippen LogP contribution in [0.3, 0.4) is 0 Å². The summed E-state index contributed by atoms with van der Waals surface area (Å²) >= 11 is 6.50. The van der Waals surface area contributed by atoms with E-state index in [9.17, 15) is 14.4 Å². The van der Waals surface area contributed by atoms with Crippen LogP contribution in [-0.2, 0) is 20.9 Å². The van der Waals surface area contributed by atoms with Crippen molar-refractivity contribution in [3.8, 4) is 23.0 Å². The van der Waals surface area contributed by atoms with Gasteiger partial charge in [0.15, 0.2) is 29.6 Å². The highest BCUT2D eigenvalue weighted by molar-refractivity contribution is 6.32. The predicted octanol–water partition coefficient (Wildman–Crippen LogP) is 5.05. The molecular weight excluding hydrogens is 616 g/mol. The van der Waals surface area contributed by atoms with Crippen LogP contribution in [0, 0.1) is 0 Å². The number of benzene rings is 3. The smallest absolute Gasteiger partial charge is 0.338 e. The molecule has 1 atom stereocenters. The van der Waals surface area contributed by atoms with E-state index in [0.29, 0.717) is 46.6 Å². The Hall–Kier alpha value is -5.23. The summed E-state index contributed by atoms with van der Waals surface area (Å²) in [5, 5.41) is 9.66. The van der Waals surface area contributed by atoms with Gasteiger partial charge in [-0.2, -0.15) is 5.10 Å². The first-order chi connectivity index (χ1) is 22.2. The van der Waals surface area contributed by atoms with Gasteiger partial charge in [0.25, 0.3) is 5.91 Å². The molecule has 1 aliphatic heterocycles. The van der Waals surface area contributed by atoms with E-state index < -0.39 is 23.9 Å². The summed E-state index contributed by atoms with van der Waals surface area (Å²) in [6.45, 7) is 5.69. The first-order valence-electron chi connectivity index (χ1n) is 14.4. The fourth-order valence-electron chi connectivity index (χ4n) is 4.56. The summed E-state index contributed by atoms with van der Waals surface area (Å²) in [5.74, 6) is 0.320. The van der Waals surface area contributed by atoms with Gasteiger partial charge >= 0.3 is 12.0 Å². The number of nitrogens with one attached hydrogen (secondary N) is 3. The lowest BCUT2D eigenvalue weighted by atomic mass is 9.95. The number of hydrogen-bond donors (Lipinski definition) is 3. The standard InChI is InChI=1S/C33H35ClN4O8/c1-5-43-27-15-22(14-24(34)31(27)46-18-21-10-8-7-9-11-21)17-35-38-28(39)19-45-25-13-12-23(16-26(25)42-4)30-29(32(40)44-6-2)20(3)36-33(41)37-30/h7-17,30H,5-6,18-19H2,1-4H3,(H,38,39)(H2,36,37,41)/b35-17-/t30-/m0/s1. The Bertz CT molecular complexity index is 1630. The summed E-state index contributed by atoms with van der Waals surface area (Å²) in [6.07, 6.45) is 1.42. The van der Waals surface area contributed by atoms with E-state index in [2.05, 4.69) is 21.2 Å². The van der Waals surface area contributed by atoms with Crippen molar-refractivity contribution in [3.05, 3.63) is 93.6 Å². The van der Waals surface area contributed by atoms with Crippen molar-refractivity contribution in [1.29, 1.82) is 0 Å². The lowest BCUT2D eigenvalue weighted by molar-refractivity contribution is -0.139. The monoisotopic (exact) mass is 650 g/mol. The normalized spacial score (nSPS) is 14.3.